The standard InChI is InChI=1S/C33H36F2N4O8/c1-20(31(43)44)21-8-6-9-24(12-21)37-32(45)36-17-28(40)39(18-30(42)47-33(2,3)4)25-10-7-11-27(16-25)46-19-29(41)38(5)26-14-22(34)13-23(35)15-26/h6-16,20H,17-19H2,1-5H3,(H,43,44)(H2,36,37,45). The Balaban J connectivity index is 1.72. The van der Waals surface area contributed by atoms with Crippen molar-refractivity contribution in [2.24, 2.45) is 0 Å². The molecular weight excluding hydrogens is 618 g/mol. The van der Waals surface area contributed by atoms with Gasteiger partial charge in [0.2, 0.25) is 5.91 Å². The van der Waals surface area contributed by atoms with Crippen molar-refractivity contribution in [1.82, 2.24) is 5.32 Å². The molecule has 0 aliphatic rings. The van der Waals surface area contributed by atoms with Crippen LogP contribution in [0.25, 0.3) is 0 Å². The number of rotatable bonds is 12. The third kappa shape index (κ3) is 11.1. The number of carbonyl (C=O) groups is 5. The van der Waals surface area contributed by atoms with Crippen LogP contribution in [0.5, 0.6) is 5.75 Å². The van der Waals surface area contributed by atoms with Gasteiger partial charge >= 0.3 is 18.0 Å². The van der Waals surface area contributed by atoms with Crippen LogP contribution < -0.4 is 25.2 Å². The lowest BCUT2D eigenvalue weighted by Gasteiger charge is -2.26. The lowest BCUT2D eigenvalue weighted by Crippen LogP contribution is -2.45. The van der Waals surface area contributed by atoms with E-state index in [2.05, 4.69) is 10.6 Å². The van der Waals surface area contributed by atoms with Gasteiger partial charge in [0.15, 0.2) is 6.61 Å². The van der Waals surface area contributed by atoms with E-state index in [1.54, 1.807) is 39.0 Å². The van der Waals surface area contributed by atoms with Crippen molar-refractivity contribution in [2.45, 2.75) is 39.2 Å². The number of nitrogens with one attached hydrogen (secondary N) is 2. The van der Waals surface area contributed by atoms with Crippen LogP contribution in [0.1, 0.15) is 39.2 Å². The summed E-state index contributed by atoms with van der Waals surface area (Å²) in [5.41, 5.74) is 0.0902. The molecule has 3 aromatic rings. The Morgan fingerprint density at radius 2 is 1.55 bits per heavy atom. The highest BCUT2D eigenvalue weighted by atomic mass is 19.1. The molecule has 4 amide bonds. The zero-order valence-electron chi connectivity index (χ0n) is 26.5. The molecule has 3 N–H and O–H groups in total. The Morgan fingerprint density at radius 3 is 2.19 bits per heavy atom. The quantitative estimate of drug-likeness (QED) is 0.238. The van der Waals surface area contributed by atoms with Crippen LogP contribution >= 0.6 is 0 Å². The number of anilines is 3. The predicted octanol–water partition coefficient (Wildman–Crippen LogP) is 4.69. The monoisotopic (exact) mass is 654 g/mol. The molecule has 0 aromatic heterocycles. The number of esters is 1. The number of halogens is 2. The number of hydrogen-bond acceptors (Lipinski definition) is 7. The molecule has 0 heterocycles. The highest BCUT2D eigenvalue weighted by Gasteiger charge is 2.25. The number of amides is 4. The molecule has 0 saturated heterocycles. The molecule has 1 atom stereocenters. The first kappa shape index (κ1) is 35.9. The van der Waals surface area contributed by atoms with Crippen molar-refractivity contribution in [1.29, 1.82) is 0 Å². The summed E-state index contributed by atoms with van der Waals surface area (Å²) < 4.78 is 38.2. The lowest BCUT2D eigenvalue weighted by molar-refractivity contribution is -0.153. The lowest BCUT2D eigenvalue weighted by atomic mass is 10.0. The molecule has 14 heteroatoms. The van der Waals surface area contributed by atoms with E-state index >= 15 is 0 Å². The maximum absolute atomic E-state index is 13.6. The molecule has 250 valence electrons. The van der Waals surface area contributed by atoms with Crippen LogP contribution in [-0.4, -0.2) is 67.2 Å². The van der Waals surface area contributed by atoms with Gasteiger partial charge in [-0.05, 0) is 69.7 Å². The van der Waals surface area contributed by atoms with E-state index in [1.165, 1.54) is 44.3 Å². The fourth-order valence-electron chi connectivity index (χ4n) is 4.14. The Morgan fingerprint density at radius 1 is 0.894 bits per heavy atom. The number of benzene rings is 3. The van der Waals surface area contributed by atoms with Gasteiger partial charge in [-0.3, -0.25) is 24.1 Å². The number of carboxylic acid groups (broad SMARTS) is 1. The fraction of sp³-hybridized carbons (Fsp3) is 0.303. The van der Waals surface area contributed by atoms with Crippen molar-refractivity contribution >= 4 is 46.8 Å². The van der Waals surface area contributed by atoms with Crippen LogP contribution in [0.4, 0.5) is 30.6 Å². The van der Waals surface area contributed by atoms with E-state index in [0.717, 1.165) is 21.9 Å². The molecular formula is C33H36F2N4O8. The minimum absolute atomic E-state index is 0.0157. The van der Waals surface area contributed by atoms with Gasteiger partial charge in [-0.15, -0.1) is 0 Å². The number of carboxylic acids is 1. The molecule has 0 aliphatic heterocycles. The normalized spacial score (nSPS) is 11.6. The van der Waals surface area contributed by atoms with Crippen LogP contribution in [0.15, 0.2) is 66.7 Å². The molecule has 47 heavy (non-hydrogen) atoms. The maximum Gasteiger partial charge on any atom is 0.326 e. The highest BCUT2D eigenvalue weighted by Crippen LogP contribution is 2.23. The third-order valence-corrected chi connectivity index (χ3v) is 6.52. The summed E-state index contributed by atoms with van der Waals surface area (Å²) >= 11 is 0. The molecule has 3 aromatic carbocycles. The first-order valence-electron chi connectivity index (χ1n) is 14.4. The Bertz CT molecular complexity index is 1620. The van der Waals surface area contributed by atoms with Gasteiger partial charge in [-0.2, -0.15) is 0 Å². The zero-order chi connectivity index (χ0) is 34.9. The topological polar surface area (TPSA) is 155 Å². The van der Waals surface area contributed by atoms with E-state index < -0.39 is 72.6 Å². The van der Waals surface area contributed by atoms with Crippen LogP contribution in [0.2, 0.25) is 0 Å². The van der Waals surface area contributed by atoms with Crippen molar-refractivity contribution in [3.63, 3.8) is 0 Å². The summed E-state index contributed by atoms with van der Waals surface area (Å²) in [7, 11) is 1.33. The highest BCUT2D eigenvalue weighted by molar-refractivity contribution is 6.01. The number of nitrogens with zero attached hydrogens (tertiary/aromatic N) is 2. The van der Waals surface area contributed by atoms with Gasteiger partial charge < -0.3 is 30.1 Å². The van der Waals surface area contributed by atoms with Crippen molar-refractivity contribution in [3.05, 3.63) is 83.9 Å². The van der Waals surface area contributed by atoms with E-state index in [1.807, 2.05) is 0 Å². The molecule has 0 spiro atoms. The predicted molar refractivity (Wildman–Crippen MR) is 169 cm³/mol. The third-order valence-electron chi connectivity index (χ3n) is 6.52. The minimum atomic E-state index is -1.03. The van der Waals surface area contributed by atoms with E-state index in [4.69, 9.17) is 9.47 Å². The first-order chi connectivity index (χ1) is 22.0. The number of hydrogen-bond donors (Lipinski definition) is 3. The van der Waals surface area contributed by atoms with Gasteiger partial charge in [0, 0.05) is 36.2 Å². The first-order valence-corrected chi connectivity index (χ1v) is 14.4. The number of urea groups is 1. The molecule has 1 unspecified atom stereocenters. The SMILES string of the molecule is CC(C(=O)O)c1cccc(NC(=O)NCC(=O)N(CC(=O)OC(C)(C)C)c2cccc(OCC(=O)N(C)c3cc(F)cc(F)c3)c2)c1. The molecule has 3 rings (SSSR count). The van der Waals surface area contributed by atoms with Gasteiger partial charge in [0.1, 0.15) is 29.5 Å². The van der Waals surface area contributed by atoms with Gasteiger partial charge in [0.25, 0.3) is 5.91 Å². The summed E-state index contributed by atoms with van der Waals surface area (Å²) in [6, 6.07) is 14.1. The van der Waals surface area contributed by atoms with Gasteiger partial charge in [-0.1, -0.05) is 18.2 Å². The average Bonchev–Trinajstić information content (AvgIpc) is 2.99. The summed E-state index contributed by atoms with van der Waals surface area (Å²) in [6.45, 7) is 4.90. The van der Waals surface area contributed by atoms with Crippen molar-refractivity contribution in [2.75, 3.05) is 41.9 Å². The number of likely N-dealkylation sites (N-methyl/N-ethyl adjacent to an activating group) is 1. The second kappa shape index (κ2) is 15.7. The summed E-state index contributed by atoms with van der Waals surface area (Å²) in [5.74, 6) is -5.46. The second-order valence-electron chi connectivity index (χ2n) is 11.4. The Labute approximate surface area is 270 Å². The Hall–Kier alpha value is -5.53. The van der Waals surface area contributed by atoms with Crippen LogP contribution in [0.3, 0.4) is 0 Å². The van der Waals surface area contributed by atoms with E-state index in [-0.39, 0.29) is 17.1 Å². The van der Waals surface area contributed by atoms with Crippen molar-refractivity contribution in [3.8, 4) is 5.75 Å². The zero-order valence-corrected chi connectivity index (χ0v) is 26.5. The van der Waals surface area contributed by atoms with E-state index in [9.17, 15) is 37.9 Å². The van der Waals surface area contributed by atoms with Gasteiger partial charge in [0.05, 0.1) is 12.5 Å². The van der Waals surface area contributed by atoms with Crippen LogP contribution in [0, 0.1) is 11.6 Å². The fourth-order valence-corrected chi connectivity index (χ4v) is 4.14. The number of aliphatic carboxylic acids is 1. The van der Waals surface area contributed by atoms with Crippen LogP contribution in [-0.2, 0) is 23.9 Å². The molecule has 0 bridgehead atoms. The Kier molecular flexibility index (Phi) is 12.0. The second-order valence-corrected chi connectivity index (χ2v) is 11.4. The largest absolute Gasteiger partial charge is 0.484 e. The maximum atomic E-state index is 13.6. The summed E-state index contributed by atoms with van der Waals surface area (Å²) in [6.07, 6.45) is 0. The van der Waals surface area contributed by atoms with Crippen molar-refractivity contribution < 1.29 is 47.3 Å². The smallest absolute Gasteiger partial charge is 0.326 e. The molecule has 0 saturated carbocycles. The molecule has 0 radical (unpaired) electrons. The molecule has 0 aliphatic carbocycles. The summed E-state index contributed by atoms with van der Waals surface area (Å²) in [5, 5.41) is 14.2. The number of carbonyl (C=O) groups excluding carboxylic acids is 4. The number of ether oxygens (including phenoxy) is 2. The van der Waals surface area contributed by atoms with Gasteiger partial charge in [-0.25, -0.2) is 13.6 Å². The molecule has 0 fully saturated rings. The van der Waals surface area contributed by atoms with E-state index in [0.29, 0.717) is 17.3 Å². The minimum Gasteiger partial charge on any atom is -0.484 e. The summed E-state index contributed by atoms with van der Waals surface area (Å²) in [4.78, 5) is 64.7. The molecule has 12 nitrogen and oxygen atoms in total. The average molecular weight is 655 g/mol.